The summed E-state index contributed by atoms with van der Waals surface area (Å²) in [4.78, 5) is 24.3. The van der Waals surface area contributed by atoms with Crippen LogP contribution in [0.5, 0.6) is 5.75 Å². The Hall–Kier alpha value is -2.67. The Morgan fingerprint density at radius 3 is 2.76 bits per heavy atom. The minimum absolute atomic E-state index is 0.0796. The molecule has 1 N–H and O–H groups in total. The van der Waals surface area contributed by atoms with Crippen molar-refractivity contribution < 1.29 is 27.8 Å². The average Bonchev–Trinajstić information content (AvgIpc) is 2.57. The molecule has 2 aromatic rings. The van der Waals surface area contributed by atoms with Gasteiger partial charge in [0.1, 0.15) is 5.75 Å². The summed E-state index contributed by atoms with van der Waals surface area (Å²) < 4.78 is 33.8. The Balaban J connectivity index is 1.71. The van der Waals surface area contributed by atoms with Crippen molar-refractivity contribution in [3.05, 3.63) is 58.6 Å². The summed E-state index contributed by atoms with van der Waals surface area (Å²) in [5.74, 6) is -1.31. The maximum Gasteiger partial charge on any atom is 0.387 e. The molecule has 25 heavy (non-hydrogen) atoms. The molecule has 5 nitrogen and oxygen atoms in total. The number of cyclic esters (lactones) is 1. The van der Waals surface area contributed by atoms with E-state index in [9.17, 15) is 18.4 Å². The zero-order valence-corrected chi connectivity index (χ0v) is 13.4. The highest BCUT2D eigenvalue weighted by Crippen LogP contribution is 2.29. The van der Waals surface area contributed by atoms with E-state index in [2.05, 4.69) is 10.1 Å². The van der Waals surface area contributed by atoms with Crippen molar-refractivity contribution in [2.75, 3.05) is 5.32 Å². The van der Waals surface area contributed by atoms with E-state index in [4.69, 9.17) is 16.3 Å². The molecule has 0 bridgehead atoms. The van der Waals surface area contributed by atoms with Gasteiger partial charge in [0.15, 0.2) is 6.10 Å². The summed E-state index contributed by atoms with van der Waals surface area (Å²) in [7, 11) is 0. The van der Waals surface area contributed by atoms with Crippen molar-refractivity contribution in [1.82, 2.24) is 0 Å². The number of ether oxygens (including phenoxy) is 2. The minimum Gasteiger partial charge on any atom is -0.448 e. The summed E-state index contributed by atoms with van der Waals surface area (Å²) >= 11 is 5.84. The molecule has 1 heterocycles. The summed E-state index contributed by atoms with van der Waals surface area (Å²) in [6, 6.07) is 10.7. The van der Waals surface area contributed by atoms with Crippen molar-refractivity contribution >= 4 is 29.2 Å². The molecular weight excluding hydrogens is 356 g/mol. The lowest BCUT2D eigenvalue weighted by molar-refractivity contribution is -0.125. The molecular formula is C17H12ClF2NO4. The van der Waals surface area contributed by atoms with Crippen LogP contribution in [0.15, 0.2) is 42.5 Å². The third-order valence-electron chi connectivity index (χ3n) is 3.60. The Morgan fingerprint density at radius 1 is 1.28 bits per heavy atom. The van der Waals surface area contributed by atoms with Gasteiger partial charge in [-0.15, -0.1) is 0 Å². The summed E-state index contributed by atoms with van der Waals surface area (Å²) in [6.07, 6.45) is -0.744. The van der Waals surface area contributed by atoms with Gasteiger partial charge in [-0.05, 0) is 29.8 Å². The number of benzene rings is 2. The number of hydrogen-bond acceptors (Lipinski definition) is 4. The van der Waals surface area contributed by atoms with E-state index >= 15 is 0 Å². The zero-order chi connectivity index (χ0) is 18.0. The fourth-order valence-electron chi connectivity index (χ4n) is 2.47. The second-order valence-corrected chi connectivity index (χ2v) is 5.68. The second-order valence-electron chi connectivity index (χ2n) is 5.27. The van der Waals surface area contributed by atoms with E-state index in [0.29, 0.717) is 5.56 Å². The van der Waals surface area contributed by atoms with Crippen LogP contribution in [0.1, 0.15) is 15.9 Å². The highest BCUT2D eigenvalue weighted by Gasteiger charge is 2.31. The number of amides is 1. The van der Waals surface area contributed by atoms with Crippen molar-refractivity contribution in [1.29, 1.82) is 0 Å². The first-order chi connectivity index (χ1) is 11.9. The van der Waals surface area contributed by atoms with E-state index in [-0.39, 0.29) is 22.9 Å². The summed E-state index contributed by atoms with van der Waals surface area (Å²) in [5, 5.41) is 2.46. The highest BCUT2D eigenvalue weighted by molar-refractivity contribution is 6.32. The minimum atomic E-state index is -3.00. The van der Waals surface area contributed by atoms with E-state index in [1.54, 1.807) is 24.3 Å². The van der Waals surface area contributed by atoms with Gasteiger partial charge in [0.2, 0.25) is 0 Å². The molecule has 1 aliphatic heterocycles. The Bertz CT molecular complexity index is 828. The van der Waals surface area contributed by atoms with E-state index in [1.807, 2.05) is 0 Å². The molecule has 3 rings (SSSR count). The van der Waals surface area contributed by atoms with Gasteiger partial charge >= 0.3 is 12.6 Å². The van der Waals surface area contributed by atoms with Crippen LogP contribution in [0.25, 0.3) is 0 Å². The average molecular weight is 368 g/mol. The lowest BCUT2D eigenvalue weighted by Crippen LogP contribution is -2.37. The molecule has 1 aliphatic rings. The van der Waals surface area contributed by atoms with E-state index in [0.717, 1.165) is 5.56 Å². The van der Waals surface area contributed by atoms with Gasteiger partial charge in [0, 0.05) is 12.1 Å². The van der Waals surface area contributed by atoms with Gasteiger partial charge in [-0.1, -0.05) is 29.8 Å². The Morgan fingerprint density at radius 2 is 2.04 bits per heavy atom. The number of hydrogen-bond donors (Lipinski definition) is 1. The molecule has 0 aliphatic carbocycles. The highest BCUT2D eigenvalue weighted by atomic mass is 35.5. The third-order valence-corrected chi connectivity index (χ3v) is 3.90. The SMILES string of the molecule is O=C1O[C@H](C(=O)Nc2ccc(OC(F)F)c(Cl)c2)Cc2ccccc21. The van der Waals surface area contributed by atoms with Crippen LogP contribution in [-0.2, 0) is 16.0 Å². The largest absolute Gasteiger partial charge is 0.448 e. The topological polar surface area (TPSA) is 64.6 Å². The monoisotopic (exact) mass is 367 g/mol. The first-order valence-electron chi connectivity index (χ1n) is 7.28. The van der Waals surface area contributed by atoms with Crippen molar-refractivity contribution in [3.63, 3.8) is 0 Å². The number of fused-ring (bicyclic) bond motifs is 1. The maximum atomic E-state index is 12.3. The predicted molar refractivity (Wildman–Crippen MR) is 86.1 cm³/mol. The van der Waals surface area contributed by atoms with Gasteiger partial charge in [0.25, 0.3) is 5.91 Å². The Kier molecular flexibility index (Phi) is 4.85. The van der Waals surface area contributed by atoms with Gasteiger partial charge in [-0.2, -0.15) is 8.78 Å². The Labute approximate surface area is 146 Å². The molecule has 0 unspecified atom stereocenters. The van der Waals surface area contributed by atoms with Gasteiger partial charge < -0.3 is 14.8 Å². The number of carbonyl (C=O) groups is 2. The number of carbonyl (C=O) groups excluding carboxylic acids is 2. The fraction of sp³-hybridized carbons (Fsp3) is 0.176. The quantitative estimate of drug-likeness (QED) is 0.838. The third kappa shape index (κ3) is 3.88. The molecule has 2 aromatic carbocycles. The van der Waals surface area contributed by atoms with Crippen LogP contribution in [0.2, 0.25) is 5.02 Å². The lowest BCUT2D eigenvalue weighted by Gasteiger charge is -2.23. The fourth-order valence-corrected chi connectivity index (χ4v) is 2.70. The molecule has 1 amide bonds. The summed E-state index contributed by atoms with van der Waals surface area (Å²) in [6.45, 7) is -3.00. The number of rotatable bonds is 4. The number of alkyl halides is 2. The molecule has 1 atom stereocenters. The smallest absolute Gasteiger partial charge is 0.387 e. The molecule has 130 valence electrons. The van der Waals surface area contributed by atoms with Crippen molar-refractivity contribution in [2.24, 2.45) is 0 Å². The maximum absolute atomic E-state index is 12.3. The van der Waals surface area contributed by atoms with Crippen LogP contribution in [0.4, 0.5) is 14.5 Å². The first-order valence-corrected chi connectivity index (χ1v) is 7.66. The molecule has 0 aromatic heterocycles. The molecule has 8 heteroatoms. The van der Waals surface area contributed by atoms with Gasteiger partial charge in [-0.3, -0.25) is 4.79 Å². The van der Waals surface area contributed by atoms with Crippen LogP contribution < -0.4 is 10.1 Å². The van der Waals surface area contributed by atoms with E-state index < -0.39 is 24.6 Å². The first kappa shape index (κ1) is 17.2. The normalized spacial score (nSPS) is 16.2. The molecule has 0 saturated carbocycles. The van der Waals surface area contributed by atoms with Crippen molar-refractivity contribution in [3.8, 4) is 5.75 Å². The molecule has 0 fully saturated rings. The van der Waals surface area contributed by atoms with Crippen LogP contribution in [0, 0.1) is 0 Å². The second kappa shape index (κ2) is 7.06. The van der Waals surface area contributed by atoms with Crippen LogP contribution in [-0.4, -0.2) is 24.6 Å². The predicted octanol–water partition coefficient (Wildman–Crippen LogP) is 3.66. The lowest BCUT2D eigenvalue weighted by atomic mass is 9.98. The van der Waals surface area contributed by atoms with Gasteiger partial charge in [-0.25, -0.2) is 4.79 Å². The van der Waals surface area contributed by atoms with Crippen LogP contribution >= 0.6 is 11.6 Å². The number of nitrogens with one attached hydrogen (secondary N) is 1. The number of anilines is 1. The summed E-state index contributed by atoms with van der Waals surface area (Å²) in [5.41, 5.74) is 1.42. The molecule has 0 spiro atoms. The van der Waals surface area contributed by atoms with E-state index in [1.165, 1.54) is 18.2 Å². The number of esters is 1. The van der Waals surface area contributed by atoms with Crippen LogP contribution in [0.3, 0.4) is 0 Å². The van der Waals surface area contributed by atoms with Gasteiger partial charge in [0.05, 0.1) is 10.6 Å². The molecule has 0 saturated heterocycles. The standard InChI is InChI=1S/C17H12ClF2NO4/c18-12-8-10(5-6-13(12)25-17(19)20)21-15(22)14-7-9-3-1-2-4-11(9)16(23)24-14/h1-6,8,14,17H,7H2,(H,21,22)/t14-/m0/s1. The van der Waals surface area contributed by atoms with Crippen molar-refractivity contribution in [2.45, 2.75) is 19.1 Å². The number of halogens is 3. The zero-order valence-electron chi connectivity index (χ0n) is 12.7. The molecule has 0 radical (unpaired) electrons.